The third-order valence-electron chi connectivity index (χ3n) is 5.05. The van der Waals surface area contributed by atoms with E-state index in [1.54, 1.807) is 29.6 Å². The molecule has 1 amide bonds. The van der Waals surface area contributed by atoms with E-state index in [9.17, 15) is 9.59 Å². The van der Waals surface area contributed by atoms with Gasteiger partial charge in [0.25, 0.3) is 0 Å². The number of amides is 1. The van der Waals surface area contributed by atoms with Gasteiger partial charge in [0, 0.05) is 19.8 Å². The lowest BCUT2D eigenvalue weighted by molar-refractivity contribution is -0.119. The van der Waals surface area contributed by atoms with Crippen molar-refractivity contribution in [1.82, 2.24) is 18.7 Å². The number of aromatic nitrogens is 4. The van der Waals surface area contributed by atoms with Crippen molar-refractivity contribution in [2.45, 2.75) is 19.4 Å². The third-order valence-corrected chi connectivity index (χ3v) is 5.05. The van der Waals surface area contributed by atoms with Crippen LogP contribution >= 0.6 is 0 Å². The SMILES string of the molecule is CC[C@@H](C(=O)Nc1ccc2c(c1)n(C)c(=O)n2C)n1cnc2ccccc21. The zero-order valence-corrected chi connectivity index (χ0v) is 15.5. The molecule has 0 aliphatic rings. The maximum atomic E-state index is 12.9. The van der Waals surface area contributed by atoms with E-state index in [-0.39, 0.29) is 17.6 Å². The molecule has 0 fully saturated rings. The first kappa shape index (κ1) is 17.1. The van der Waals surface area contributed by atoms with Crippen LogP contribution in [0.2, 0.25) is 0 Å². The molecule has 7 heteroatoms. The fourth-order valence-electron chi connectivity index (χ4n) is 3.55. The Bertz CT molecular complexity index is 1210. The van der Waals surface area contributed by atoms with E-state index in [1.807, 2.05) is 54.0 Å². The molecule has 7 nitrogen and oxygen atoms in total. The summed E-state index contributed by atoms with van der Waals surface area (Å²) < 4.78 is 5.07. The van der Waals surface area contributed by atoms with Crippen molar-refractivity contribution in [3.05, 3.63) is 59.3 Å². The molecule has 0 saturated heterocycles. The molecule has 0 aliphatic carbocycles. The molecule has 1 N–H and O–H groups in total. The van der Waals surface area contributed by atoms with Gasteiger partial charge < -0.3 is 9.88 Å². The summed E-state index contributed by atoms with van der Waals surface area (Å²) in [4.78, 5) is 29.4. The van der Waals surface area contributed by atoms with Gasteiger partial charge in [-0.1, -0.05) is 19.1 Å². The van der Waals surface area contributed by atoms with Gasteiger partial charge in [0.15, 0.2) is 0 Å². The Morgan fingerprint density at radius 3 is 2.59 bits per heavy atom. The number of benzene rings is 2. The predicted molar refractivity (Wildman–Crippen MR) is 106 cm³/mol. The van der Waals surface area contributed by atoms with E-state index in [4.69, 9.17) is 0 Å². The van der Waals surface area contributed by atoms with Crippen LogP contribution in [-0.4, -0.2) is 24.6 Å². The van der Waals surface area contributed by atoms with E-state index in [2.05, 4.69) is 10.3 Å². The second-order valence-electron chi connectivity index (χ2n) is 6.66. The minimum absolute atomic E-state index is 0.0928. The smallest absolute Gasteiger partial charge is 0.324 e. The minimum Gasteiger partial charge on any atom is -0.324 e. The molecule has 0 bridgehead atoms. The molecule has 27 heavy (non-hydrogen) atoms. The van der Waals surface area contributed by atoms with Crippen molar-refractivity contribution in [1.29, 1.82) is 0 Å². The molecule has 4 aromatic rings. The molecule has 0 radical (unpaired) electrons. The van der Waals surface area contributed by atoms with Crippen molar-refractivity contribution in [3.8, 4) is 0 Å². The van der Waals surface area contributed by atoms with Crippen LogP contribution in [0, 0.1) is 0 Å². The summed E-state index contributed by atoms with van der Waals surface area (Å²) in [5.74, 6) is -0.110. The number of anilines is 1. The van der Waals surface area contributed by atoms with Crippen LogP contribution in [0.1, 0.15) is 19.4 Å². The number of nitrogens with one attached hydrogen (secondary N) is 1. The zero-order chi connectivity index (χ0) is 19.1. The lowest BCUT2D eigenvalue weighted by atomic mass is 10.2. The van der Waals surface area contributed by atoms with Crippen molar-refractivity contribution in [3.63, 3.8) is 0 Å². The maximum Gasteiger partial charge on any atom is 0.328 e. The summed E-state index contributed by atoms with van der Waals surface area (Å²) in [6.07, 6.45) is 2.35. The highest BCUT2D eigenvalue weighted by atomic mass is 16.2. The summed E-state index contributed by atoms with van der Waals surface area (Å²) in [5.41, 5.74) is 3.97. The summed E-state index contributed by atoms with van der Waals surface area (Å²) in [6.45, 7) is 1.98. The Hall–Kier alpha value is -3.35. The summed E-state index contributed by atoms with van der Waals surface area (Å²) in [7, 11) is 3.46. The molecule has 0 unspecified atom stereocenters. The van der Waals surface area contributed by atoms with Crippen LogP contribution in [0.15, 0.2) is 53.6 Å². The normalized spacial score (nSPS) is 12.6. The first-order chi connectivity index (χ1) is 13.0. The van der Waals surface area contributed by atoms with Gasteiger partial charge in [-0.2, -0.15) is 0 Å². The predicted octanol–water partition coefficient (Wildman–Crippen LogP) is 2.82. The number of carbonyl (C=O) groups excluding carboxylic acids is 1. The third kappa shape index (κ3) is 2.71. The molecule has 0 saturated carbocycles. The molecule has 2 aromatic heterocycles. The number of rotatable bonds is 4. The molecule has 1 atom stereocenters. The highest BCUT2D eigenvalue weighted by Gasteiger charge is 2.21. The van der Waals surface area contributed by atoms with Crippen LogP contribution in [-0.2, 0) is 18.9 Å². The highest BCUT2D eigenvalue weighted by Crippen LogP contribution is 2.23. The van der Waals surface area contributed by atoms with Gasteiger partial charge in [0.05, 0.1) is 28.4 Å². The quantitative estimate of drug-likeness (QED) is 0.606. The lowest BCUT2D eigenvalue weighted by Gasteiger charge is -2.17. The largest absolute Gasteiger partial charge is 0.328 e. The van der Waals surface area contributed by atoms with Gasteiger partial charge in [-0.05, 0) is 36.8 Å². The van der Waals surface area contributed by atoms with Crippen molar-refractivity contribution >= 4 is 33.7 Å². The number of hydrogen-bond donors (Lipinski definition) is 1. The van der Waals surface area contributed by atoms with Crippen LogP contribution < -0.4 is 11.0 Å². The molecular formula is C20H21N5O2. The van der Waals surface area contributed by atoms with Gasteiger partial charge in [-0.3, -0.25) is 13.9 Å². The second-order valence-corrected chi connectivity index (χ2v) is 6.66. The van der Waals surface area contributed by atoms with E-state index < -0.39 is 0 Å². The Labute approximate surface area is 155 Å². The fraction of sp³-hybridized carbons (Fsp3) is 0.250. The zero-order valence-electron chi connectivity index (χ0n) is 15.5. The topological polar surface area (TPSA) is 73.8 Å². The van der Waals surface area contributed by atoms with Gasteiger partial charge in [-0.15, -0.1) is 0 Å². The second kappa shape index (κ2) is 6.42. The number of nitrogens with zero attached hydrogens (tertiary/aromatic N) is 4. The molecule has 2 heterocycles. The van der Waals surface area contributed by atoms with E-state index >= 15 is 0 Å². The van der Waals surface area contributed by atoms with Gasteiger partial charge >= 0.3 is 5.69 Å². The lowest BCUT2D eigenvalue weighted by Crippen LogP contribution is -2.25. The Morgan fingerprint density at radius 2 is 1.81 bits per heavy atom. The highest BCUT2D eigenvalue weighted by molar-refractivity contribution is 5.96. The number of imidazole rings is 2. The molecule has 0 aliphatic heterocycles. The van der Waals surface area contributed by atoms with Gasteiger partial charge in [0.2, 0.25) is 5.91 Å². The summed E-state index contributed by atoms with van der Waals surface area (Å²) in [6, 6.07) is 12.9. The monoisotopic (exact) mass is 363 g/mol. The van der Waals surface area contributed by atoms with Crippen LogP contribution in [0.4, 0.5) is 5.69 Å². The average molecular weight is 363 g/mol. The molecule has 4 rings (SSSR count). The van der Waals surface area contributed by atoms with Gasteiger partial charge in [0.1, 0.15) is 6.04 Å². The molecule has 0 spiro atoms. The number of fused-ring (bicyclic) bond motifs is 2. The Kier molecular flexibility index (Phi) is 4.07. The van der Waals surface area contributed by atoms with E-state index in [1.165, 1.54) is 0 Å². The number of para-hydroxylation sites is 2. The number of aryl methyl sites for hydroxylation is 2. The molecule has 138 valence electrons. The van der Waals surface area contributed by atoms with Crippen LogP contribution in [0.3, 0.4) is 0 Å². The maximum absolute atomic E-state index is 12.9. The summed E-state index contributed by atoms with van der Waals surface area (Å²) in [5, 5.41) is 2.98. The van der Waals surface area contributed by atoms with Gasteiger partial charge in [-0.25, -0.2) is 9.78 Å². The first-order valence-corrected chi connectivity index (χ1v) is 8.89. The van der Waals surface area contributed by atoms with Crippen molar-refractivity contribution < 1.29 is 4.79 Å². The Morgan fingerprint density at radius 1 is 1.07 bits per heavy atom. The van der Waals surface area contributed by atoms with Crippen LogP contribution in [0.5, 0.6) is 0 Å². The fourth-order valence-corrected chi connectivity index (χ4v) is 3.55. The minimum atomic E-state index is -0.368. The first-order valence-electron chi connectivity index (χ1n) is 8.89. The number of carbonyl (C=O) groups is 1. The summed E-state index contributed by atoms with van der Waals surface area (Å²) >= 11 is 0. The Balaban J connectivity index is 1.67. The van der Waals surface area contributed by atoms with Crippen LogP contribution in [0.25, 0.3) is 22.1 Å². The number of hydrogen-bond acceptors (Lipinski definition) is 3. The van der Waals surface area contributed by atoms with Crippen molar-refractivity contribution in [2.75, 3.05) is 5.32 Å². The average Bonchev–Trinajstić information content (AvgIpc) is 3.19. The van der Waals surface area contributed by atoms with E-state index in [0.29, 0.717) is 12.1 Å². The van der Waals surface area contributed by atoms with Crippen molar-refractivity contribution in [2.24, 2.45) is 14.1 Å². The molecule has 2 aromatic carbocycles. The standard InChI is InChI=1S/C20H21N5O2/c1-4-15(25-12-21-14-7-5-6-8-16(14)25)19(26)22-13-9-10-17-18(11-13)24(3)20(27)23(17)2/h5-12,15H,4H2,1-3H3,(H,22,26)/t15-/m0/s1. The van der Waals surface area contributed by atoms with E-state index in [0.717, 1.165) is 22.1 Å². The molecular weight excluding hydrogens is 342 g/mol.